The van der Waals surface area contributed by atoms with Gasteiger partial charge in [-0.1, -0.05) is 25.7 Å². The Balaban J connectivity index is 1.68. The fourth-order valence-corrected chi connectivity index (χ4v) is 3.66. The van der Waals surface area contributed by atoms with Gasteiger partial charge in [0.25, 0.3) is 0 Å². The lowest BCUT2D eigenvalue weighted by Crippen LogP contribution is -2.28. The van der Waals surface area contributed by atoms with Gasteiger partial charge in [-0.25, -0.2) is 4.98 Å². The minimum Gasteiger partial charge on any atom is -0.308 e. The van der Waals surface area contributed by atoms with Crippen LogP contribution in [0.15, 0.2) is 11.6 Å². The minimum atomic E-state index is 0.705. The monoisotopic (exact) mass is 263 g/mol. The molecule has 2 aromatic heterocycles. The van der Waals surface area contributed by atoms with E-state index in [1.165, 1.54) is 49.9 Å². The molecule has 3 rings (SSSR count). The highest BCUT2D eigenvalue weighted by atomic mass is 32.1. The van der Waals surface area contributed by atoms with Crippen molar-refractivity contribution in [1.29, 1.82) is 0 Å². The van der Waals surface area contributed by atoms with Crippen molar-refractivity contribution in [3.8, 4) is 0 Å². The summed E-state index contributed by atoms with van der Waals surface area (Å²) in [5, 5.41) is 5.84. The number of thiazole rings is 1. The second-order valence-corrected chi connectivity index (χ2v) is 6.14. The van der Waals surface area contributed by atoms with E-state index in [-0.39, 0.29) is 0 Å². The maximum absolute atomic E-state index is 4.60. The first-order valence-electron chi connectivity index (χ1n) is 6.99. The molecule has 1 fully saturated rings. The van der Waals surface area contributed by atoms with Gasteiger partial charge in [-0.3, -0.25) is 4.40 Å². The van der Waals surface area contributed by atoms with E-state index in [0.717, 1.165) is 11.5 Å². The molecule has 0 spiro atoms. The summed E-state index contributed by atoms with van der Waals surface area (Å²) in [5.74, 6) is 0. The summed E-state index contributed by atoms with van der Waals surface area (Å²) in [6, 6.07) is 0.705. The molecule has 1 saturated carbocycles. The van der Waals surface area contributed by atoms with E-state index in [9.17, 15) is 0 Å². The summed E-state index contributed by atoms with van der Waals surface area (Å²) >= 11 is 1.71. The minimum absolute atomic E-state index is 0.705. The van der Waals surface area contributed by atoms with Crippen LogP contribution < -0.4 is 5.32 Å². The van der Waals surface area contributed by atoms with Crippen LogP contribution in [0, 0.1) is 6.92 Å². The Morgan fingerprint density at radius 3 is 2.89 bits per heavy atom. The zero-order valence-corrected chi connectivity index (χ0v) is 11.8. The first-order valence-corrected chi connectivity index (χ1v) is 7.87. The second-order valence-electron chi connectivity index (χ2n) is 5.27. The average molecular weight is 263 g/mol. The molecule has 18 heavy (non-hydrogen) atoms. The molecule has 3 nitrogen and oxygen atoms in total. The van der Waals surface area contributed by atoms with Gasteiger partial charge in [0.15, 0.2) is 4.96 Å². The van der Waals surface area contributed by atoms with Crippen LogP contribution in [0.2, 0.25) is 0 Å². The van der Waals surface area contributed by atoms with Crippen molar-refractivity contribution in [2.24, 2.45) is 0 Å². The van der Waals surface area contributed by atoms with Crippen LogP contribution in [0.1, 0.15) is 49.9 Å². The summed E-state index contributed by atoms with van der Waals surface area (Å²) in [4.78, 5) is 5.71. The summed E-state index contributed by atoms with van der Waals surface area (Å²) in [7, 11) is 0. The molecule has 4 heteroatoms. The Hall–Kier alpha value is -0.870. The number of aryl methyl sites for hydroxylation is 1. The number of hydrogen-bond donors (Lipinski definition) is 1. The summed E-state index contributed by atoms with van der Waals surface area (Å²) in [6.45, 7) is 3.07. The van der Waals surface area contributed by atoms with Gasteiger partial charge in [-0.05, 0) is 19.8 Å². The summed E-state index contributed by atoms with van der Waals surface area (Å²) in [5.41, 5.74) is 2.50. The van der Waals surface area contributed by atoms with Crippen molar-refractivity contribution >= 4 is 16.3 Å². The molecular formula is C14H21N3S. The van der Waals surface area contributed by atoms with Gasteiger partial charge in [0.1, 0.15) is 0 Å². The number of imidazole rings is 1. The molecule has 0 radical (unpaired) electrons. The van der Waals surface area contributed by atoms with Gasteiger partial charge in [-0.2, -0.15) is 0 Å². The molecule has 0 saturated heterocycles. The molecular weight excluding hydrogens is 242 g/mol. The molecule has 1 N–H and O–H groups in total. The highest BCUT2D eigenvalue weighted by Gasteiger charge is 2.14. The van der Waals surface area contributed by atoms with Crippen LogP contribution in [0.25, 0.3) is 4.96 Å². The van der Waals surface area contributed by atoms with Crippen LogP contribution in [-0.4, -0.2) is 15.4 Å². The molecule has 2 aromatic rings. The fourth-order valence-electron chi connectivity index (χ4n) is 2.88. The molecule has 0 bridgehead atoms. The topological polar surface area (TPSA) is 29.3 Å². The third-order valence-electron chi connectivity index (χ3n) is 3.97. The predicted molar refractivity (Wildman–Crippen MR) is 76.1 cm³/mol. The van der Waals surface area contributed by atoms with E-state index in [1.807, 2.05) is 0 Å². The van der Waals surface area contributed by atoms with Gasteiger partial charge in [0.05, 0.1) is 11.4 Å². The first kappa shape index (κ1) is 12.2. The Labute approximate surface area is 112 Å². The fraction of sp³-hybridized carbons (Fsp3) is 0.643. The van der Waals surface area contributed by atoms with E-state index >= 15 is 0 Å². The smallest absolute Gasteiger partial charge is 0.194 e. The average Bonchev–Trinajstić information content (AvgIpc) is 2.80. The molecule has 0 unspecified atom stereocenters. The van der Waals surface area contributed by atoms with Crippen molar-refractivity contribution in [2.45, 2.75) is 58.0 Å². The molecule has 2 heterocycles. The third kappa shape index (κ3) is 2.45. The van der Waals surface area contributed by atoms with E-state index in [1.54, 1.807) is 11.3 Å². The van der Waals surface area contributed by atoms with Gasteiger partial charge < -0.3 is 5.32 Å². The van der Waals surface area contributed by atoms with Crippen molar-refractivity contribution < 1.29 is 0 Å². The Kier molecular flexibility index (Phi) is 3.66. The largest absolute Gasteiger partial charge is 0.308 e. The van der Waals surface area contributed by atoms with E-state index in [4.69, 9.17) is 0 Å². The zero-order chi connectivity index (χ0) is 12.4. The lowest BCUT2D eigenvalue weighted by atomic mass is 10.1. The number of nitrogens with one attached hydrogen (secondary N) is 1. The quantitative estimate of drug-likeness (QED) is 0.859. The summed E-state index contributed by atoms with van der Waals surface area (Å²) in [6.07, 6.45) is 10.4. The second kappa shape index (κ2) is 5.41. The van der Waals surface area contributed by atoms with Crippen molar-refractivity contribution in [3.63, 3.8) is 0 Å². The van der Waals surface area contributed by atoms with Crippen LogP contribution in [0.3, 0.4) is 0 Å². The molecule has 0 aliphatic heterocycles. The number of hydrogen-bond acceptors (Lipinski definition) is 3. The van der Waals surface area contributed by atoms with E-state index in [0.29, 0.717) is 6.04 Å². The third-order valence-corrected chi connectivity index (χ3v) is 4.73. The molecule has 1 aliphatic rings. The number of aromatic nitrogens is 2. The van der Waals surface area contributed by atoms with Gasteiger partial charge in [0.2, 0.25) is 0 Å². The number of fused-ring (bicyclic) bond motifs is 1. The van der Waals surface area contributed by atoms with Crippen LogP contribution in [0.5, 0.6) is 0 Å². The highest BCUT2D eigenvalue weighted by Crippen LogP contribution is 2.19. The SMILES string of the molecule is Cc1nc2sccn2c1CNC1CCCCCC1. The molecule has 0 atom stereocenters. The standard InChI is InChI=1S/C14H21N3S/c1-11-13(17-8-9-18-14(17)16-11)10-15-12-6-4-2-3-5-7-12/h8-9,12,15H,2-7,10H2,1H3. The van der Waals surface area contributed by atoms with Crippen LogP contribution in [0.4, 0.5) is 0 Å². The lowest BCUT2D eigenvalue weighted by molar-refractivity contribution is 0.455. The zero-order valence-electron chi connectivity index (χ0n) is 11.0. The Bertz CT molecular complexity index is 506. The van der Waals surface area contributed by atoms with Crippen molar-refractivity contribution in [3.05, 3.63) is 23.0 Å². The number of nitrogens with zero attached hydrogens (tertiary/aromatic N) is 2. The van der Waals surface area contributed by atoms with Crippen molar-refractivity contribution in [2.75, 3.05) is 0 Å². The molecule has 0 aromatic carbocycles. The van der Waals surface area contributed by atoms with Crippen LogP contribution in [-0.2, 0) is 6.54 Å². The Morgan fingerprint density at radius 2 is 2.11 bits per heavy atom. The van der Waals surface area contributed by atoms with Crippen molar-refractivity contribution in [1.82, 2.24) is 14.7 Å². The highest BCUT2D eigenvalue weighted by molar-refractivity contribution is 7.15. The predicted octanol–water partition coefficient (Wildman–Crippen LogP) is 3.52. The molecule has 0 amide bonds. The van der Waals surface area contributed by atoms with Crippen LogP contribution >= 0.6 is 11.3 Å². The lowest BCUT2D eigenvalue weighted by Gasteiger charge is -2.16. The molecule has 1 aliphatic carbocycles. The number of rotatable bonds is 3. The van der Waals surface area contributed by atoms with E-state index in [2.05, 4.69) is 33.2 Å². The maximum Gasteiger partial charge on any atom is 0.194 e. The van der Waals surface area contributed by atoms with Gasteiger partial charge >= 0.3 is 0 Å². The summed E-state index contributed by atoms with van der Waals surface area (Å²) < 4.78 is 2.23. The Morgan fingerprint density at radius 1 is 1.33 bits per heavy atom. The van der Waals surface area contributed by atoms with E-state index < -0.39 is 0 Å². The van der Waals surface area contributed by atoms with Gasteiger partial charge in [-0.15, -0.1) is 11.3 Å². The molecule has 98 valence electrons. The maximum atomic E-state index is 4.60. The van der Waals surface area contributed by atoms with Gasteiger partial charge in [0, 0.05) is 24.2 Å². The first-order chi connectivity index (χ1) is 8.84. The normalized spacial score (nSPS) is 18.3.